The highest BCUT2D eigenvalue weighted by molar-refractivity contribution is 5.99. The van der Waals surface area contributed by atoms with E-state index < -0.39 is 12.1 Å². The Balaban J connectivity index is 2.17. The van der Waals surface area contributed by atoms with Gasteiger partial charge in [-0.25, -0.2) is 14.6 Å². The minimum absolute atomic E-state index is 0.125. The molecular formula is C21H24N4O4. The molecule has 0 aliphatic heterocycles. The van der Waals surface area contributed by atoms with Gasteiger partial charge in [-0.15, -0.1) is 0 Å². The average molecular weight is 396 g/mol. The number of esters is 1. The highest BCUT2D eigenvalue weighted by atomic mass is 16.5. The van der Waals surface area contributed by atoms with Gasteiger partial charge in [0.1, 0.15) is 5.56 Å². The number of nitrogens with one attached hydrogen (secondary N) is 1. The van der Waals surface area contributed by atoms with Gasteiger partial charge in [-0.2, -0.15) is 9.78 Å². The fraction of sp³-hybridized carbons (Fsp3) is 0.333. The Morgan fingerprint density at radius 2 is 1.76 bits per heavy atom. The third kappa shape index (κ3) is 4.06. The molecule has 0 atom stereocenters. The van der Waals surface area contributed by atoms with Crippen LogP contribution in [0.5, 0.6) is 0 Å². The van der Waals surface area contributed by atoms with E-state index in [-0.39, 0.29) is 24.6 Å². The second-order valence-electron chi connectivity index (χ2n) is 6.66. The number of anilines is 1. The molecule has 0 aliphatic carbocycles. The minimum atomic E-state index is -0.691. The SMILES string of the molecule is CCOC(=O)Nc1c(C(=O)OCC)cnn1-c1cc(C)c2cc(C)cc(C)c2n1. The van der Waals surface area contributed by atoms with Gasteiger partial charge in [0.15, 0.2) is 11.6 Å². The molecule has 3 aromatic rings. The number of amides is 1. The summed E-state index contributed by atoms with van der Waals surface area (Å²) in [7, 11) is 0. The van der Waals surface area contributed by atoms with Gasteiger partial charge >= 0.3 is 12.1 Å². The molecule has 152 valence electrons. The molecule has 8 heteroatoms. The van der Waals surface area contributed by atoms with Crippen LogP contribution in [0.2, 0.25) is 0 Å². The van der Waals surface area contributed by atoms with Gasteiger partial charge in [0, 0.05) is 5.39 Å². The molecular weight excluding hydrogens is 372 g/mol. The molecule has 29 heavy (non-hydrogen) atoms. The van der Waals surface area contributed by atoms with E-state index in [1.54, 1.807) is 13.8 Å². The zero-order valence-electron chi connectivity index (χ0n) is 17.2. The minimum Gasteiger partial charge on any atom is -0.462 e. The number of carbonyl (C=O) groups is 2. The summed E-state index contributed by atoms with van der Waals surface area (Å²) < 4.78 is 11.5. The zero-order valence-corrected chi connectivity index (χ0v) is 17.2. The van der Waals surface area contributed by atoms with Crippen molar-refractivity contribution in [3.05, 3.63) is 46.6 Å². The number of hydrogen-bond donors (Lipinski definition) is 1. The number of nitrogens with zero attached hydrogens (tertiary/aromatic N) is 3. The topological polar surface area (TPSA) is 95.3 Å². The molecule has 2 heterocycles. The summed E-state index contributed by atoms with van der Waals surface area (Å²) in [5.74, 6) is 0.0390. The van der Waals surface area contributed by atoms with Crippen LogP contribution in [-0.2, 0) is 9.47 Å². The molecule has 8 nitrogen and oxygen atoms in total. The molecule has 2 aromatic heterocycles. The Labute approximate surface area is 168 Å². The lowest BCUT2D eigenvalue weighted by Crippen LogP contribution is -2.19. The van der Waals surface area contributed by atoms with E-state index in [0.29, 0.717) is 5.82 Å². The molecule has 0 saturated carbocycles. The Morgan fingerprint density at radius 1 is 1.03 bits per heavy atom. The first kappa shape index (κ1) is 20.3. The number of pyridine rings is 1. The number of aromatic nitrogens is 3. The summed E-state index contributed by atoms with van der Waals surface area (Å²) in [6, 6.07) is 6.00. The van der Waals surface area contributed by atoms with Crippen LogP contribution in [0, 0.1) is 20.8 Å². The summed E-state index contributed by atoms with van der Waals surface area (Å²) in [4.78, 5) is 29.1. The highest BCUT2D eigenvalue weighted by Gasteiger charge is 2.23. The Hall–Kier alpha value is -3.42. The van der Waals surface area contributed by atoms with Crippen LogP contribution in [0.4, 0.5) is 10.6 Å². The molecule has 1 N–H and O–H groups in total. The fourth-order valence-electron chi connectivity index (χ4n) is 3.20. The van der Waals surface area contributed by atoms with E-state index in [4.69, 9.17) is 14.5 Å². The summed E-state index contributed by atoms with van der Waals surface area (Å²) in [5.41, 5.74) is 4.15. The number of benzene rings is 1. The predicted molar refractivity (Wildman–Crippen MR) is 110 cm³/mol. The second kappa shape index (κ2) is 8.30. The summed E-state index contributed by atoms with van der Waals surface area (Å²) in [6.07, 6.45) is 0.659. The zero-order chi connectivity index (χ0) is 21.1. The summed E-state index contributed by atoms with van der Waals surface area (Å²) >= 11 is 0. The van der Waals surface area contributed by atoms with Gasteiger partial charge in [-0.3, -0.25) is 5.32 Å². The summed E-state index contributed by atoms with van der Waals surface area (Å²) in [5, 5.41) is 7.91. The van der Waals surface area contributed by atoms with E-state index in [1.165, 1.54) is 10.9 Å². The standard InChI is InChI=1S/C21H24N4O4/c1-6-28-20(26)16-11-22-25(19(16)24-21(27)29-7-2)17-10-13(4)15-9-12(3)8-14(5)18(15)23-17/h8-11H,6-7H2,1-5H3,(H,24,27). The smallest absolute Gasteiger partial charge is 0.412 e. The van der Waals surface area contributed by atoms with Gasteiger partial charge in [0.25, 0.3) is 0 Å². The largest absolute Gasteiger partial charge is 0.462 e. The number of aryl methyl sites for hydroxylation is 3. The molecule has 0 spiro atoms. The number of carbonyl (C=O) groups excluding carboxylic acids is 2. The lowest BCUT2D eigenvalue weighted by atomic mass is 10.0. The van der Waals surface area contributed by atoms with E-state index in [0.717, 1.165) is 27.6 Å². The molecule has 0 bridgehead atoms. The van der Waals surface area contributed by atoms with Crippen LogP contribution in [0.15, 0.2) is 24.4 Å². The Kier molecular flexibility index (Phi) is 5.81. The molecule has 0 unspecified atom stereocenters. The molecule has 1 aromatic carbocycles. The fourth-order valence-corrected chi connectivity index (χ4v) is 3.20. The lowest BCUT2D eigenvalue weighted by molar-refractivity contribution is 0.0527. The van der Waals surface area contributed by atoms with Crippen molar-refractivity contribution < 1.29 is 19.1 Å². The maximum Gasteiger partial charge on any atom is 0.412 e. The van der Waals surface area contributed by atoms with Crippen LogP contribution in [0.1, 0.15) is 40.9 Å². The molecule has 0 fully saturated rings. The van der Waals surface area contributed by atoms with E-state index in [1.807, 2.05) is 26.8 Å². The van der Waals surface area contributed by atoms with Gasteiger partial charge in [-0.1, -0.05) is 11.6 Å². The normalized spacial score (nSPS) is 10.8. The summed E-state index contributed by atoms with van der Waals surface area (Å²) in [6.45, 7) is 9.83. The van der Waals surface area contributed by atoms with Crippen LogP contribution in [0.3, 0.4) is 0 Å². The van der Waals surface area contributed by atoms with Gasteiger partial charge < -0.3 is 9.47 Å². The molecule has 0 saturated heterocycles. The van der Waals surface area contributed by atoms with Crippen LogP contribution >= 0.6 is 0 Å². The van der Waals surface area contributed by atoms with Crippen molar-refractivity contribution >= 4 is 28.8 Å². The van der Waals surface area contributed by atoms with Crippen LogP contribution in [-0.4, -0.2) is 40.0 Å². The monoisotopic (exact) mass is 396 g/mol. The maximum atomic E-state index is 12.3. The van der Waals surface area contributed by atoms with Gasteiger partial charge in [0.2, 0.25) is 0 Å². The molecule has 0 radical (unpaired) electrons. The van der Waals surface area contributed by atoms with Crippen molar-refractivity contribution in [3.63, 3.8) is 0 Å². The average Bonchev–Trinajstić information content (AvgIpc) is 3.06. The highest BCUT2D eigenvalue weighted by Crippen LogP contribution is 2.27. The van der Waals surface area contributed by atoms with Crippen molar-refractivity contribution in [2.75, 3.05) is 18.5 Å². The third-order valence-electron chi connectivity index (χ3n) is 4.42. The number of fused-ring (bicyclic) bond motifs is 1. The maximum absolute atomic E-state index is 12.3. The molecule has 0 aliphatic rings. The number of rotatable bonds is 5. The van der Waals surface area contributed by atoms with E-state index in [9.17, 15) is 9.59 Å². The second-order valence-corrected chi connectivity index (χ2v) is 6.66. The van der Waals surface area contributed by atoms with Crippen molar-refractivity contribution in [1.82, 2.24) is 14.8 Å². The van der Waals surface area contributed by atoms with Gasteiger partial charge in [0.05, 0.1) is 24.9 Å². The molecule has 1 amide bonds. The van der Waals surface area contributed by atoms with Gasteiger partial charge in [-0.05, 0) is 57.9 Å². The van der Waals surface area contributed by atoms with Crippen molar-refractivity contribution in [2.45, 2.75) is 34.6 Å². The van der Waals surface area contributed by atoms with E-state index in [2.05, 4.69) is 22.5 Å². The first-order valence-corrected chi connectivity index (χ1v) is 9.43. The van der Waals surface area contributed by atoms with Crippen LogP contribution < -0.4 is 5.32 Å². The first-order chi connectivity index (χ1) is 13.8. The van der Waals surface area contributed by atoms with E-state index >= 15 is 0 Å². The Morgan fingerprint density at radius 3 is 2.45 bits per heavy atom. The van der Waals surface area contributed by atoms with Crippen molar-refractivity contribution in [2.24, 2.45) is 0 Å². The number of ether oxygens (including phenoxy) is 2. The lowest BCUT2D eigenvalue weighted by Gasteiger charge is -2.13. The number of hydrogen-bond acceptors (Lipinski definition) is 6. The van der Waals surface area contributed by atoms with Crippen molar-refractivity contribution in [1.29, 1.82) is 0 Å². The Bertz CT molecular complexity index is 1090. The molecule has 3 rings (SSSR count). The predicted octanol–water partition coefficient (Wildman–Crippen LogP) is 4.09. The van der Waals surface area contributed by atoms with Crippen molar-refractivity contribution in [3.8, 4) is 5.82 Å². The van der Waals surface area contributed by atoms with Crippen LogP contribution in [0.25, 0.3) is 16.7 Å². The third-order valence-corrected chi connectivity index (χ3v) is 4.42. The first-order valence-electron chi connectivity index (χ1n) is 9.43. The quantitative estimate of drug-likeness (QED) is 0.653.